The minimum Gasteiger partial charge on any atom is -0.381 e. The first-order valence-corrected chi connectivity index (χ1v) is 5.21. The van der Waals surface area contributed by atoms with Crippen molar-refractivity contribution in [3.8, 4) is 0 Å². The predicted molar refractivity (Wildman–Crippen MR) is 58.9 cm³/mol. The minimum absolute atomic E-state index is 0.426. The van der Waals surface area contributed by atoms with Gasteiger partial charge in [0.1, 0.15) is 0 Å². The first kappa shape index (κ1) is 9.81. The van der Waals surface area contributed by atoms with Crippen LogP contribution in [0.2, 0.25) is 5.02 Å². The predicted octanol–water partition coefficient (Wildman–Crippen LogP) is 2.93. The van der Waals surface area contributed by atoms with Crippen LogP contribution >= 0.6 is 11.6 Å². The van der Waals surface area contributed by atoms with Crippen LogP contribution in [0.25, 0.3) is 0 Å². The highest BCUT2D eigenvalue weighted by molar-refractivity contribution is 6.33. The number of para-hydroxylation sites is 1. The van der Waals surface area contributed by atoms with Gasteiger partial charge in [0.2, 0.25) is 0 Å². The van der Waals surface area contributed by atoms with Crippen LogP contribution in [-0.2, 0) is 4.74 Å². The molecule has 0 atom stereocenters. The SMILES string of the molecule is COC1CC(Nc2ccccc2Cl)C1. The Hall–Kier alpha value is -0.730. The van der Waals surface area contributed by atoms with Crippen molar-refractivity contribution in [2.45, 2.75) is 25.0 Å². The van der Waals surface area contributed by atoms with Crippen LogP contribution < -0.4 is 5.32 Å². The molecule has 0 amide bonds. The Balaban J connectivity index is 1.90. The van der Waals surface area contributed by atoms with E-state index in [0.717, 1.165) is 23.6 Å². The van der Waals surface area contributed by atoms with Gasteiger partial charge < -0.3 is 10.1 Å². The fourth-order valence-corrected chi connectivity index (χ4v) is 1.86. The minimum atomic E-state index is 0.426. The van der Waals surface area contributed by atoms with Crippen molar-refractivity contribution < 1.29 is 4.74 Å². The van der Waals surface area contributed by atoms with Gasteiger partial charge in [-0.25, -0.2) is 0 Å². The number of hydrogen-bond acceptors (Lipinski definition) is 2. The molecule has 2 rings (SSSR count). The van der Waals surface area contributed by atoms with Crippen molar-refractivity contribution in [3.05, 3.63) is 29.3 Å². The van der Waals surface area contributed by atoms with E-state index in [-0.39, 0.29) is 0 Å². The summed E-state index contributed by atoms with van der Waals surface area (Å²) in [5.41, 5.74) is 1.02. The van der Waals surface area contributed by atoms with E-state index in [1.807, 2.05) is 24.3 Å². The first-order valence-electron chi connectivity index (χ1n) is 4.83. The molecule has 1 aromatic rings. The fraction of sp³-hybridized carbons (Fsp3) is 0.455. The maximum atomic E-state index is 6.03. The molecule has 0 heterocycles. The standard InChI is InChI=1S/C11H14ClNO/c1-14-9-6-8(7-9)13-11-5-3-2-4-10(11)12/h2-5,8-9,13H,6-7H2,1H3. The van der Waals surface area contributed by atoms with E-state index in [4.69, 9.17) is 16.3 Å². The molecular formula is C11H14ClNO. The van der Waals surface area contributed by atoms with Gasteiger partial charge in [-0.1, -0.05) is 23.7 Å². The molecule has 0 aromatic heterocycles. The molecule has 1 aliphatic carbocycles. The summed E-state index contributed by atoms with van der Waals surface area (Å²) >= 11 is 6.03. The molecule has 3 heteroatoms. The van der Waals surface area contributed by atoms with Crippen LogP contribution in [0.3, 0.4) is 0 Å². The maximum absolute atomic E-state index is 6.03. The third-order valence-electron chi connectivity index (χ3n) is 2.66. The van der Waals surface area contributed by atoms with Gasteiger partial charge in [-0.15, -0.1) is 0 Å². The van der Waals surface area contributed by atoms with Crippen LogP contribution in [0, 0.1) is 0 Å². The van der Waals surface area contributed by atoms with Crippen molar-refractivity contribution >= 4 is 17.3 Å². The van der Waals surface area contributed by atoms with Crippen molar-refractivity contribution in [2.24, 2.45) is 0 Å². The lowest BCUT2D eigenvalue weighted by Crippen LogP contribution is -2.40. The molecule has 0 bridgehead atoms. The molecule has 1 aliphatic rings. The smallest absolute Gasteiger partial charge is 0.0637 e. The number of benzene rings is 1. The Morgan fingerprint density at radius 3 is 2.71 bits per heavy atom. The first-order chi connectivity index (χ1) is 6.79. The summed E-state index contributed by atoms with van der Waals surface area (Å²) in [5, 5.41) is 4.18. The lowest BCUT2D eigenvalue weighted by atomic mass is 9.89. The van der Waals surface area contributed by atoms with Crippen molar-refractivity contribution in [1.29, 1.82) is 0 Å². The van der Waals surface area contributed by atoms with Crippen molar-refractivity contribution in [3.63, 3.8) is 0 Å². The van der Waals surface area contributed by atoms with Gasteiger partial charge in [0.05, 0.1) is 16.8 Å². The highest BCUT2D eigenvalue weighted by Crippen LogP contribution is 2.29. The molecule has 1 N–H and O–H groups in total. The molecule has 0 saturated heterocycles. The molecular weight excluding hydrogens is 198 g/mol. The molecule has 14 heavy (non-hydrogen) atoms. The largest absolute Gasteiger partial charge is 0.381 e. The average molecular weight is 212 g/mol. The number of nitrogens with one attached hydrogen (secondary N) is 1. The maximum Gasteiger partial charge on any atom is 0.0637 e. The van der Waals surface area contributed by atoms with Gasteiger partial charge in [0.25, 0.3) is 0 Å². The molecule has 1 fully saturated rings. The molecule has 0 spiro atoms. The Bertz CT molecular complexity index is 310. The molecule has 1 aromatic carbocycles. The molecule has 0 radical (unpaired) electrons. The second-order valence-corrected chi connectivity index (χ2v) is 4.06. The number of methoxy groups -OCH3 is 1. The zero-order chi connectivity index (χ0) is 9.97. The second-order valence-electron chi connectivity index (χ2n) is 3.65. The van der Waals surface area contributed by atoms with E-state index in [0.29, 0.717) is 12.1 Å². The number of hydrogen-bond donors (Lipinski definition) is 1. The third kappa shape index (κ3) is 2.02. The zero-order valence-corrected chi connectivity index (χ0v) is 8.92. The summed E-state index contributed by atoms with van der Waals surface area (Å²) in [7, 11) is 1.76. The Morgan fingerprint density at radius 2 is 2.07 bits per heavy atom. The normalized spacial score (nSPS) is 25.6. The number of ether oxygens (including phenoxy) is 1. The van der Waals surface area contributed by atoms with Crippen LogP contribution in [0.4, 0.5) is 5.69 Å². The summed E-state index contributed by atoms with van der Waals surface area (Å²) in [5.74, 6) is 0. The van der Waals surface area contributed by atoms with Crippen LogP contribution in [-0.4, -0.2) is 19.3 Å². The quantitative estimate of drug-likeness (QED) is 0.830. The fourth-order valence-electron chi connectivity index (χ4n) is 1.67. The van der Waals surface area contributed by atoms with E-state index in [1.54, 1.807) is 7.11 Å². The lowest BCUT2D eigenvalue weighted by molar-refractivity contribution is 0.0329. The van der Waals surface area contributed by atoms with Gasteiger partial charge in [0, 0.05) is 13.2 Å². The van der Waals surface area contributed by atoms with Gasteiger partial charge in [-0.05, 0) is 25.0 Å². The van der Waals surface area contributed by atoms with Gasteiger partial charge >= 0.3 is 0 Å². The summed E-state index contributed by atoms with van der Waals surface area (Å²) in [6.45, 7) is 0. The van der Waals surface area contributed by atoms with E-state index < -0.39 is 0 Å². The number of halogens is 1. The van der Waals surface area contributed by atoms with Crippen LogP contribution in [0.1, 0.15) is 12.8 Å². The molecule has 0 unspecified atom stereocenters. The summed E-state index contributed by atoms with van der Waals surface area (Å²) in [6, 6.07) is 8.34. The topological polar surface area (TPSA) is 21.3 Å². The van der Waals surface area contributed by atoms with E-state index >= 15 is 0 Å². The van der Waals surface area contributed by atoms with Gasteiger partial charge in [-0.3, -0.25) is 0 Å². The Kier molecular flexibility index (Phi) is 2.94. The van der Waals surface area contributed by atoms with Gasteiger partial charge in [0.15, 0.2) is 0 Å². The Morgan fingerprint density at radius 1 is 1.36 bits per heavy atom. The number of rotatable bonds is 3. The monoisotopic (exact) mass is 211 g/mol. The second kappa shape index (κ2) is 4.20. The lowest BCUT2D eigenvalue weighted by Gasteiger charge is -2.35. The summed E-state index contributed by atoms with van der Waals surface area (Å²) in [6.07, 6.45) is 2.57. The summed E-state index contributed by atoms with van der Waals surface area (Å²) in [4.78, 5) is 0. The van der Waals surface area contributed by atoms with Crippen molar-refractivity contribution in [1.82, 2.24) is 0 Å². The summed E-state index contributed by atoms with van der Waals surface area (Å²) < 4.78 is 5.21. The molecule has 1 saturated carbocycles. The van der Waals surface area contributed by atoms with E-state index in [9.17, 15) is 0 Å². The van der Waals surface area contributed by atoms with Gasteiger partial charge in [-0.2, -0.15) is 0 Å². The number of anilines is 1. The highest BCUT2D eigenvalue weighted by atomic mass is 35.5. The Labute approximate surface area is 89.2 Å². The zero-order valence-electron chi connectivity index (χ0n) is 8.16. The highest BCUT2D eigenvalue weighted by Gasteiger charge is 2.28. The third-order valence-corrected chi connectivity index (χ3v) is 2.99. The van der Waals surface area contributed by atoms with Crippen LogP contribution in [0.5, 0.6) is 0 Å². The molecule has 76 valence electrons. The van der Waals surface area contributed by atoms with E-state index in [2.05, 4.69) is 5.32 Å². The molecule has 2 nitrogen and oxygen atoms in total. The van der Waals surface area contributed by atoms with Crippen molar-refractivity contribution in [2.75, 3.05) is 12.4 Å². The molecule has 0 aliphatic heterocycles. The van der Waals surface area contributed by atoms with Crippen LogP contribution in [0.15, 0.2) is 24.3 Å². The van der Waals surface area contributed by atoms with E-state index in [1.165, 1.54) is 0 Å². The average Bonchev–Trinajstić information content (AvgIpc) is 2.13.